The van der Waals surface area contributed by atoms with E-state index in [9.17, 15) is 22.4 Å². The number of nitrogens with zero attached hydrogens (tertiary/aromatic N) is 2. The topological polar surface area (TPSA) is 86.8 Å². The number of aryl methyl sites for hydroxylation is 1. The molecule has 0 aliphatic carbocycles. The van der Waals surface area contributed by atoms with Crippen LogP contribution in [0.1, 0.15) is 31.4 Å². The van der Waals surface area contributed by atoms with Crippen LogP contribution in [0.5, 0.6) is 0 Å². The molecule has 0 heterocycles. The highest BCUT2D eigenvalue weighted by Crippen LogP contribution is 2.20. The summed E-state index contributed by atoms with van der Waals surface area (Å²) in [4.78, 5) is 27.3. The highest BCUT2D eigenvalue weighted by atomic mass is 32.2. The van der Waals surface area contributed by atoms with Gasteiger partial charge in [-0.3, -0.25) is 13.9 Å². The van der Waals surface area contributed by atoms with E-state index in [-0.39, 0.29) is 18.1 Å². The second kappa shape index (κ2) is 11.1. The number of rotatable bonds is 10. The Morgan fingerprint density at radius 3 is 2.28 bits per heavy atom. The molecule has 0 bridgehead atoms. The summed E-state index contributed by atoms with van der Waals surface area (Å²) >= 11 is 0. The summed E-state index contributed by atoms with van der Waals surface area (Å²) in [6.45, 7) is 5.55. The molecule has 2 amide bonds. The average molecular weight is 464 g/mol. The van der Waals surface area contributed by atoms with E-state index in [0.29, 0.717) is 6.54 Å². The molecule has 0 saturated carbocycles. The number of anilines is 1. The molecule has 0 fully saturated rings. The molecular formula is C23H30FN3O4S. The minimum atomic E-state index is -3.84. The van der Waals surface area contributed by atoms with Gasteiger partial charge in [-0.15, -0.1) is 0 Å². The van der Waals surface area contributed by atoms with Crippen LogP contribution in [-0.4, -0.2) is 50.5 Å². The molecule has 9 heteroatoms. The van der Waals surface area contributed by atoms with Crippen molar-refractivity contribution in [1.29, 1.82) is 0 Å². The Morgan fingerprint density at radius 2 is 1.72 bits per heavy atom. The molecule has 2 aromatic rings. The van der Waals surface area contributed by atoms with Crippen LogP contribution in [0.15, 0.2) is 48.5 Å². The van der Waals surface area contributed by atoms with Crippen molar-refractivity contribution < 1.29 is 22.4 Å². The Kier molecular flexibility index (Phi) is 8.77. The Hall–Kier alpha value is -2.94. The summed E-state index contributed by atoms with van der Waals surface area (Å²) in [5, 5.41) is 2.78. The Balaban J connectivity index is 2.37. The maximum Gasteiger partial charge on any atom is 0.244 e. The summed E-state index contributed by atoms with van der Waals surface area (Å²) < 4.78 is 39.1. The highest BCUT2D eigenvalue weighted by molar-refractivity contribution is 7.92. The van der Waals surface area contributed by atoms with Crippen LogP contribution in [0.25, 0.3) is 0 Å². The maximum atomic E-state index is 13.3. The number of hydrogen-bond donors (Lipinski definition) is 1. The van der Waals surface area contributed by atoms with Crippen LogP contribution in [-0.2, 0) is 26.2 Å². The Bertz CT molecular complexity index is 1040. The number of hydrogen-bond acceptors (Lipinski definition) is 4. The van der Waals surface area contributed by atoms with Crippen LogP contribution in [0.3, 0.4) is 0 Å². The Labute approximate surface area is 189 Å². The lowest BCUT2D eigenvalue weighted by Crippen LogP contribution is -2.51. The highest BCUT2D eigenvalue weighted by Gasteiger charge is 2.30. The predicted octanol–water partition coefficient (Wildman–Crippen LogP) is 2.84. The lowest BCUT2D eigenvalue weighted by molar-refractivity contribution is -0.139. The van der Waals surface area contributed by atoms with Gasteiger partial charge in [0.15, 0.2) is 0 Å². The minimum Gasteiger partial charge on any atom is -0.354 e. The number of halogens is 1. The van der Waals surface area contributed by atoms with E-state index in [4.69, 9.17) is 0 Å². The van der Waals surface area contributed by atoms with Crippen molar-refractivity contribution in [2.75, 3.05) is 23.7 Å². The molecule has 2 aromatic carbocycles. The third-order valence-corrected chi connectivity index (χ3v) is 6.25. The molecule has 0 spiro atoms. The SMILES string of the molecule is CCCNC(=O)[C@@H](C)N(Cc1ccccc1C)C(=O)CN(c1ccc(F)cc1)S(C)(=O)=O. The zero-order valence-corrected chi connectivity index (χ0v) is 19.7. The number of sulfonamides is 1. The van der Waals surface area contributed by atoms with E-state index in [1.54, 1.807) is 6.92 Å². The minimum absolute atomic E-state index is 0.146. The van der Waals surface area contributed by atoms with E-state index < -0.39 is 34.3 Å². The molecule has 0 aliphatic rings. The van der Waals surface area contributed by atoms with Gasteiger partial charge in [0, 0.05) is 13.1 Å². The summed E-state index contributed by atoms with van der Waals surface area (Å²) in [6.07, 6.45) is 1.73. The van der Waals surface area contributed by atoms with E-state index in [2.05, 4.69) is 5.32 Å². The fourth-order valence-electron chi connectivity index (χ4n) is 3.17. The van der Waals surface area contributed by atoms with Crippen molar-refractivity contribution in [2.45, 2.75) is 39.8 Å². The molecule has 0 aromatic heterocycles. The van der Waals surface area contributed by atoms with Crippen molar-refractivity contribution in [3.05, 3.63) is 65.5 Å². The van der Waals surface area contributed by atoms with Crippen molar-refractivity contribution in [2.24, 2.45) is 0 Å². The molecule has 32 heavy (non-hydrogen) atoms. The summed E-state index contributed by atoms with van der Waals surface area (Å²) in [7, 11) is -3.84. The van der Waals surface area contributed by atoms with Crippen molar-refractivity contribution in [1.82, 2.24) is 10.2 Å². The molecule has 174 valence electrons. The van der Waals surface area contributed by atoms with E-state index in [0.717, 1.165) is 40.2 Å². The molecule has 1 N–H and O–H groups in total. The third-order valence-electron chi connectivity index (χ3n) is 5.11. The van der Waals surface area contributed by atoms with Crippen LogP contribution in [0, 0.1) is 12.7 Å². The molecule has 0 unspecified atom stereocenters. The van der Waals surface area contributed by atoms with Crippen LogP contribution < -0.4 is 9.62 Å². The zero-order valence-electron chi connectivity index (χ0n) is 18.8. The van der Waals surface area contributed by atoms with Crippen LogP contribution >= 0.6 is 0 Å². The molecule has 0 aliphatic heterocycles. The molecule has 0 saturated heterocycles. The second-order valence-electron chi connectivity index (χ2n) is 7.66. The molecule has 2 rings (SSSR count). The van der Waals surface area contributed by atoms with Crippen molar-refractivity contribution >= 4 is 27.5 Å². The fraction of sp³-hybridized carbons (Fsp3) is 0.391. The first-order valence-electron chi connectivity index (χ1n) is 10.4. The molecule has 1 atom stereocenters. The maximum absolute atomic E-state index is 13.3. The normalized spacial score (nSPS) is 12.2. The van der Waals surface area contributed by atoms with Crippen LogP contribution in [0.4, 0.5) is 10.1 Å². The Morgan fingerprint density at radius 1 is 1.09 bits per heavy atom. The molecule has 7 nitrogen and oxygen atoms in total. The second-order valence-corrected chi connectivity index (χ2v) is 9.57. The van der Waals surface area contributed by atoms with Gasteiger partial charge >= 0.3 is 0 Å². The van der Waals surface area contributed by atoms with E-state index in [1.165, 1.54) is 17.0 Å². The monoisotopic (exact) mass is 463 g/mol. The van der Waals surface area contributed by atoms with Gasteiger partial charge in [-0.25, -0.2) is 12.8 Å². The largest absolute Gasteiger partial charge is 0.354 e. The molecular weight excluding hydrogens is 433 g/mol. The van der Waals surface area contributed by atoms with Gasteiger partial charge in [0.1, 0.15) is 18.4 Å². The van der Waals surface area contributed by atoms with E-state index in [1.807, 2.05) is 38.1 Å². The van der Waals surface area contributed by atoms with Gasteiger partial charge in [-0.1, -0.05) is 31.2 Å². The van der Waals surface area contributed by atoms with Gasteiger partial charge in [0.2, 0.25) is 21.8 Å². The van der Waals surface area contributed by atoms with Gasteiger partial charge in [0.05, 0.1) is 11.9 Å². The number of amides is 2. The number of benzene rings is 2. The third kappa shape index (κ3) is 6.78. The van der Waals surface area contributed by atoms with Crippen molar-refractivity contribution in [3.63, 3.8) is 0 Å². The average Bonchev–Trinajstić information content (AvgIpc) is 2.74. The first-order valence-corrected chi connectivity index (χ1v) is 12.2. The first-order chi connectivity index (χ1) is 15.0. The summed E-state index contributed by atoms with van der Waals surface area (Å²) in [5.41, 5.74) is 1.97. The predicted molar refractivity (Wildman–Crippen MR) is 123 cm³/mol. The zero-order chi connectivity index (χ0) is 23.9. The number of nitrogens with one attached hydrogen (secondary N) is 1. The summed E-state index contributed by atoms with van der Waals surface area (Å²) in [5.74, 6) is -1.38. The van der Waals surface area contributed by atoms with Gasteiger partial charge < -0.3 is 10.2 Å². The van der Waals surface area contributed by atoms with Crippen LogP contribution in [0.2, 0.25) is 0 Å². The number of carbonyl (C=O) groups excluding carboxylic acids is 2. The van der Waals surface area contributed by atoms with E-state index >= 15 is 0 Å². The lowest BCUT2D eigenvalue weighted by atomic mass is 10.1. The molecule has 0 radical (unpaired) electrons. The van der Waals surface area contributed by atoms with Crippen molar-refractivity contribution in [3.8, 4) is 0 Å². The van der Waals surface area contributed by atoms with Gasteiger partial charge in [-0.05, 0) is 55.7 Å². The fourth-order valence-corrected chi connectivity index (χ4v) is 4.02. The quantitative estimate of drug-likeness (QED) is 0.587. The van der Waals surface area contributed by atoms with Gasteiger partial charge in [-0.2, -0.15) is 0 Å². The first kappa shape index (κ1) is 25.3. The van der Waals surface area contributed by atoms with Gasteiger partial charge in [0.25, 0.3) is 0 Å². The number of carbonyl (C=O) groups is 2. The lowest BCUT2D eigenvalue weighted by Gasteiger charge is -2.31. The standard InChI is InChI=1S/C23H30FN3O4S/c1-5-14-25-23(29)18(3)26(15-19-9-7-6-8-17(19)2)22(28)16-27(32(4,30)31)21-12-10-20(24)11-13-21/h6-13,18H,5,14-16H2,1-4H3,(H,25,29)/t18-/m1/s1. The summed E-state index contributed by atoms with van der Waals surface area (Å²) in [6, 6.07) is 11.5. The smallest absolute Gasteiger partial charge is 0.244 e.